The molecule has 0 spiro atoms. The maximum Gasteiger partial charge on any atom is 0.261 e. The summed E-state index contributed by atoms with van der Waals surface area (Å²) in [6.45, 7) is 5.84. The third-order valence-electron chi connectivity index (χ3n) is 6.70. The fourth-order valence-corrected chi connectivity index (χ4v) is 5.97. The van der Waals surface area contributed by atoms with E-state index in [2.05, 4.69) is 21.1 Å². The molecule has 2 aromatic heterocycles. The molecule has 0 bridgehead atoms. The first-order chi connectivity index (χ1) is 16.6. The van der Waals surface area contributed by atoms with Crippen LogP contribution in [0.25, 0.3) is 10.9 Å². The first-order valence-corrected chi connectivity index (χ1v) is 13.4. The summed E-state index contributed by atoms with van der Waals surface area (Å²) in [6.07, 6.45) is 6.33. The Morgan fingerprint density at radius 1 is 1.17 bits per heavy atom. The quantitative estimate of drug-likeness (QED) is 0.451. The van der Waals surface area contributed by atoms with E-state index < -0.39 is 15.4 Å². The van der Waals surface area contributed by atoms with Gasteiger partial charge in [0.15, 0.2) is 5.82 Å². The minimum atomic E-state index is -3.65. The Hall–Kier alpha value is -3.16. The number of nitrogens with one attached hydrogen (secondary N) is 3. The Labute approximate surface area is 205 Å². The lowest BCUT2D eigenvalue weighted by Gasteiger charge is -2.23. The summed E-state index contributed by atoms with van der Waals surface area (Å²) in [5, 5.41) is 18.3. The average molecular weight is 497 g/mol. The van der Waals surface area contributed by atoms with Crippen LogP contribution in [0.1, 0.15) is 64.5 Å². The van der Waals surface area contributed by atoms with E-state index in [9.17, 15) is 18.5 Å². The van der Waals surface area contributed by atoms with Crippen LogP contribution < -0.4 is 15.6 Å². The molecule has 3 aromatic rings. The summed E-state index contributed by atoms with van der Waals surface area (Å²) >= 11 is 0. The van der Waals surface area contributed by atoms with Crippen molar-refractivity contribution in [3.05, 3.63) is 46.4 Å². The van der Waals surface area contributed by atoms with E-state index in [1.807, 2.05) is 31.5 Å². The number of nitriles is 1. The largest absolute Gasteiger partial charge is 0.338 e. The minimum Gasteiger partial charge on any atom is -0.338 e. The van der Waals surface area contributed by atoms with Crippen molar-refractivity contribution in [1.82, 2.24) is 19.5 Å². The molecule has 10 heteroatoms. The third-order valence-corrected chi connectivity index (χ3v) is 8.17. The van der Waals surface area contributed by atoms with Crippen LogP contribution in [0.4, 0.5) is 11.5 Å². The van der Waals surface area contributed by atoms with Crippen molar-refractivity contribution in [2.24, 2.45) is 5.92 Å². The number of aromatic nitrogens is 3. The van der Waals surface area contributed by atoms with E-state index in [0.717, 1.165) is 32.1 Å². The highest BCUT2D eigenvalue weighted by molar-refractivity contribution is 7.89. The summed E-state index contributed by atoms with van der Waals surface area (Å²) in [6, 6.07) is 9.18. The zero-order chi connectivity index (χ0) is 25.4. The van der Waals surface area contributed by atoms with Gasteiger partial charge in [0.25, 0.3) is 5.56 Å². The highest BCUT2D eigenvalue weighted by Gasteiger charge is 2.29. The van der Waals surface area contributed by atoms with E-state index in [-0.39, 0.29) is 22.4 Å². The first-order valence-electron chi connectivity index (χ1n) is 11.9. The van der Waals surface area contributed by atoms with Gasteiger partial charge in [0, 0.05) is 11.9 Å². The van der Waals surface area contributed by atoms with Gasteiger partial charge in [0.1, 0.15) is 5.39 Å². The standard InChI is InChI=1S/C25H32N6O3S/c1-25(2,3)18-14-17(10-11-21(18)35(33,34)27-4)29-23-22-20(12-13-28-24(22)32)31(30-23)19-9-7-5-6-8-16(19)15-26/h10-14,16,19,27H,5-9H2,1-4H3,(H,28,32)(H,29,30). The third kappa shape index (κ3) is 4.83. The van der Waals surface area contributed by atoms with Gasteiger partial charge in [-0.1, -0.05) is 40.0 Å². The summed E-state index contributed by atoms with van der Waals surface area (Å²) in [4.78, 5) is 15.8. The number of nitrogens with zero attached hydrogens (tertiary/aromatic N) is 3. The first kappa shape index (κ1) is 24.9. The Morgan fingerprint density at radius 3 is 2.60 bits per heavy atom. The maximum atomic E-state index is 12.9. The molecule has 35 heavy (non-hydrogen) atoms. The second-order valence-electron chi connectivity index (χ2n) is 10.1. The van der Waals surface area contributed by atoms with Crippen LogP contribution in [0, 0.1) is 17.2 Å². The summed E-state index contributed by atoms with van der Waals surface area (Å²) < 4.78 is 29.4. The van der Waals surface area contributed by atoms with E-state index in [0.29, 0.717) is 28.0 Å². The molecule has 1 aliphatic rings. The topological polar surface area (TPSA) is 133 Å². The number of benzene rings is 1. The van der Waals surface area contributed by atoms with E-state index >= 15 is 0 Å². The number of H-pyrrole nitrogens is 1. The van der Waals surface area contributed by atoms with Gasteiger partial charge < -0.3 is 10.3 Å². The maximum absolute atomic E-state index is 12.9. The van der Waals surface area contributed by atoms with Gasteiger partial charge >= 0.3 is 0 Å². The average Bonchev–Trinajstić information content (AvgIpc) is 3.01. The van der Waals surface area contributed by atoms with E-state index in [1.54, 1.807) is 24.4 Å². The van der Waals surface area contributed by atoms with Crippen LogP contribution in [-0.2, 0) is 15.4 Å². The van der Waals surface area contributed by atoms with Gasteiger partial charge in [-0.15, -0.1) is 0 Å². The normalized spacial score (nSPS) is 19.3. The van der Waals surface area contributed by atoms with Crippen LogP contribution in [0.2, 0.25) is 0 Å². The molecule has 0 aliphatic heterocycles. The summed E-state index contributed by atoms with van der Waals surface area (Å²) in [7, 11) is -2.26. The van der Waals surface area contributed by atoms with Gasteiger partial charge in [-0.2, -0.15) is 10.4 Å². The van der Waals surface area contributed by atoms with Crippen LogP contribution in [0.15, 0.2) is 40.2 Å². The van der Waals surface area contributed by atoms with Crippen molar-refractivity contribution < 1.29 is 8.42 Å². The second-order valence-corrected chi connectivity index (χ2v) is 11.9. The molecule has 2 heterocycles. The smallest absolute Gasteiger partial charge is 0.261 e. The van der Waals surface area contributed by atoms with Gasteiger partial charge in [-0.3, -0.25) is 9.48 Å². The molecule has 1 aromatic carbocycles. The lowest BCUT2D eigenvalue weighted by molar-refractivity contribution is 0.353. The fraction of sp³-hybridized carbons (Fsp3) is 0.480. The van der Waals surface area contributed by atoms with Gasteiger partial charge in [0.2, 0.25) is 10.0 Å². The summed E-state index contributed by atoms with van der Waals surface area (Å²) in [5.74, 6) is 0.207. The summed E-state index contributed by atoms with van der Waals surface area (Å²) in [5.41, 5.74) is 1.22. The highest BCUT2D eigenvalue weighted by Crippen LogP contribution is 2.37. The molecule has 3 N–H and O–H groups in total. The number of rotatable bonds is 5. The molecule has 0 amide bonds. The van der Waals surface area contributed by atoms with Crippen molar-refractivity contribution in [2.75, 3.05) is 12.4 Å². The second kappa shape index (κ2) is 9.47. The number of aromatic amines is 1. The Balaban J connectivity index is 1.84. The Kier molecular flexibility index (Phi) is 6.75. The molecule has 0 radical (unpaired) electrons. The van der Waals surface area contributed by atoms with E-state index in [4.69, 9.17) is 5.10 Å². The molecule has 1 aliphatic carbocycles. The zero-order valence-corrected chi connectivity index (χ0v) is 21.4. The van der Waals surface area contributed by atoms with Crippen molar-refractivity contribution in [2.45, 2.75) is 69.2 Å². The van der Waals surface area contributed by atoms with Crippen molar-refractivity contribution in [3.63, 3.8) is 0 Å². The van der Waals surface area contributed by atoms with Crippen molar-refractivity contribution in [3.8, 4) is 6.07 Å². The molecule has 186 valence electrons. The molecule has 1 saturated carbocycles. The van der Waals surface area contributed by atoms with Crippen molar-refractivity contribution >= 4 is 32.4 Å². The number of pyridine rings is 1. The minimum absolute atomic E-state index is 0.115. The van der Waals surface area contributed by atoms with Gasteiger partial charge in [-0.05, 0) is 55.1 Å². The van der Waals surface area contributed by atoms with Crippen LogP contribution in [-0.4, -0.2) is 30.2 Å². The number of hydrogen-bond acceptors (Lipinski definition) is 6. The van der Waals surface area contributed by atoms with Gasteiger partial charge in [-0.25, -0.2) is 13.1 Å². The van der Waals surface area contributed by atoms with Crippen LogP contribution in [0.5, 0.6) is 0 Å². The number of anilines is 2. The van der Waals surface area contributed by atoms with Crippen molar-refractivity contribution in [1.29, 1.82) is 5.26 Å². The van der Waals surface area contributed by atoms with E-state index in [1.165, 1.54) is 7.05 Å². The highest BCUT2D eigenvalue weighted by atomic mass is 32.2. The number of hydrogen-bond donors (Lipinski definition) is 3. The molecule has 2 atom stereocenters. The lowest BCUT2D eigenvalue weighted by Crippen LogP contribution is -2.24. The fourth-order valence-electron chi connectivity index (χ4n) is 4.85. The Bertz CT molecular complexity index is 1440. The molecule has 2 unspecified atom stereocenters. The molecule has 0 saturated heterocycles. The predicted octanol–water partition coefficient (Wildman–Crippen LogP) is 4.32. The monoisotopic (exact) mass is 496 g/mol. The molecular formula is C25H32N6O3S. The predicted molar refractivity (Wildman–Crippen MR) is 136 cm³/mol. The number of fused-ring (bicyclic) bond motifs is 1. The molecular weight excluding hydrogens is 464 g/mol. The molecule has 9 nitrogen and oxygen atoms in total. The lowest BCUT2D eigenvalue weighted by atomic mass is 9.87. The molecule has 4 rings (SSSR count). The SMILES string of the molecule is CNS(=O)(=O)c1ccc(Nc2nn(C3CCCCCC3C#N)c3cc[nH]c(=O)c23)cc1C(C)(C)C. The Morgan fingerprint density at radius 2 is 1.91 bits per heavy atom. The number of sulfonamides is 1. The zero-order valence-electron chi connectivity index (χ0n) is 20.6. The van der Waals surface area contributed by atoms with Crippen LogP contribution in [0.3, 0.4) is 0 Å². The van der Waals surface area contributed by atoms with Gasteiger partial charge in [0.05, 0.1) is 28.4 Å². The van der Waals surface area contributed by atoms with Crippen LogP contribution >= 0.6 is 0 Å². The molecule has 1 fully saturated rings.